The molecular weight excluding hydrogens is 224 g/mol. The fourth-order valence-electron chi connectivity index (χ4n) is 2.29. The predicted octanol–water partition coefficient (Wildman–Crippen LogP) is 1.19. The smallest absolute Gasteiger partial charge is 0.187 e. The van der Waals surface area contributed by atoms with Gasteiger partial charge in [0.1, 0.15) is 18.2 Å². The van der Waals surface area contributed by atoms with Crippen LogP contribution < -0.4 is 0 Å². The average molecular weight is 242 g/mol. The average Bonchev–Trinajstić information content (AvgIpc) is 2.68. The minimum absolute atomic E-state index is 0.000389. The molecule has 17 heavy (non-hydrogen) atoms. The van der Waals surface area contributed by atoms with Crippen LogP contribution in [-0.2, 0) is 23.8 Å². The van der Waals surface area contributed by atoms with Crippen LogP contribution in [0.4, 0.5) is 0 Å². The van der Waals surface area contributed by atoms with Gasteiger partial charge in [0, 0.05) is 12.8 Å². The number of fused-ring (bicyclic) bond motifs is 1. The molecule has 96 valence electrons. The first kappa shape index (κ1) is 12.7. The molecule has 0 aromatic carbocycles. The lowest BCUT2D eigenvalue weighted by atomic mass is 10.1. The zero-order chi connectivity index (χ0) is 12.5. The Bertz CT molecular complexity index is 296. The number of hydrogen-bond donors (Lipinski definition) is 0. The van der Waals surface area contributed by atoms with E-state index in [9.17, 15) is 9.59 Å². The minimum Gasteiger partial charge on any atom is -0.346 e. The van der Waals surface area contributed by atoms with Crippen LogP contribution in [0.5, 0.6) is 0 Å². The Kier molecular flexibility index (Phi) is 3.61. The molecule has 0 aromatic heterocycles. The molecule has 2 aliphatic heterocycles. The standard InChI is InChI=1S/C12H18O5/c1-12(2)16-10-7-9(15-11(10)17-12)4-3-8(14)5-6-13/h6,9-11H,3-5,7H2,1-2H3/t9-,10-,11-/m1/s1. The number of ketones is 1. The molecule has 5 heteroatoms. The molecule has 2 heterocycles. The zero-order valence-electron chi connectivity index (χ0n) is 10.2. The Hall–Kier alpha value is -0.780. The van der Waals surface area contributed by atoms with Crippen molar-refractivity contribution < 1.29 is 23.8 Å². The molecule has 0 bridgehead atoms. The molecule has 2 fully saturated rings. The second-order valence-electron chi connectivity index (χ2n) is 4.98. The van der Waals surface area contributed by atoms with Crippen LogP contribution in [0.1, 0.15) is 39.5 Å². The van der Waals surface area contributed by atoms with Crippen LogP contribution in [0.15, 0.2) is 0 Å². The summed E-state index contributed by atoms with van der Waals surface area (Å²) in [5, 5.41) is 0. The molecule has 0 amide bonds. The molecule has 2 aliphatic rings. The Morgan fingerprint density at radius 2 is 2.18 bits per heavy atom. The van der Waals surface area contributed by atoms with Gasteiger partial charge in [-0.05, 0) is 20.3 Å². The van der Waals surface area contributed by atoms with Crippen molar-refractivity contribution in [2.24, 2.45) is 0 Å². The van der Waals surface area contributed by atoms with Gasteiger partial charge in [0.05, 0.1) is 12.5 Å². The number of ether oxygens (including phenoxy) is 3. The highest BCUT2D eigenvalue weighted by atomic mass is 16.8. The van der Waals surface area contributed by atoms with Gasteiger partial charge in [-0.25, -0.2) is 0 Å². The van der Waals surface area contributed by atoms with Crippen molar-refractivity contribution in [2.75, 3.05) is 0 Å². The summed E-state index contributed by atoms with van der Waals surface area (Å²) in [6, 6.07) is 0. The number of rotatable bonds is 5. The van der Waals surface area contributed by atoms with Crippen LogP contribution in [0.2, 0.25) is 0 Å². The van der Waals surface area contributed by atoms with Gasteiger partial charge < -0.3 is 19.0 Å². The van der Waals surface area contributed by atoms with E-state index in [1.165, 1.54) is 0 Å². The molecule has 0 unspecified atom stereocenters. The van der Waals surface area contributed by atoms with Gasteiger partial charge in [-0.2, -0.15) is 0 Å². The molecule has 0 radical (unpaired) electrons. The van der Waals surface area contributed by atoms with Crippen molar-refractivity contribution in [3.05, 3.63) is 0 Å². The third-order valence-electron chi connectivity index (χ3n) is 3.02. The number of carbonyl (C=O) groups is 2. The van der Waals surface area contributed by atoms with Crippen molar-refractivity contribution in [2.45, 2.75) is 63.8 Å². The lowest BCUT2D eigenvalue weighted by Gasteiger charge is -2.20. The molecular formula is C12H18O5. The second kappa shape index (κ2) is 4.84. The molecule has 0 aliphatic carbocycles. The summed E-state index contributed by atoms with van der Waals surface area (Å²) < 4.78 is 16.9. The van der Waals surface area contributed by atoms with E-state index in [0.29, 0.717) is 19.1 Å². The number of aldehydes is 1. The van der Waals surface area contributed by atoms with E-state index in [4.69, 9.17) is 14.2 Å². The third-order valence-corrected chi connectivity index (χ3v) is 3.02. The monoisotopic (exact) mass is 242 g/mol. The molecule has 0 saturated carbocycles. The summed E-state index contributed by atoms with van der Waals surface area (Å²) in [4.78, 5) is 21.4. The van der Waals surface area contributed by atoms with Crippen molar-refractivity contribution >= 4 is 12.1 Å². The van der Waals surface area contributed by atoms with E-state index >= 15 is 0 Å². The summed E-state index contributed by atoms with van der Waals surface area (Å²) in [7, 11) is 0. The third kappa shape index (κ3) is 3.12. The van der Waals surface area contributed by atoms with Crippen LogP contribution in [0.3, 0.4) is 0 Å². The van der Waals surface area contributed by atoms with Gasteiger partial charge in [0.25, 0.3) is 0 Å². The summed E-state index contributed by atoms with van der Waals surface area (Å²) in [6.07, 6.45) is 2.06. The van der Waals surface area contributed by atoms with Gasteiger partial charge in [-0.15, -0.1) is 0 Å². The molecule has 5 nitrogen and oxygen atoms in total. The first-order chi connectivity index (χ1) is 8.00. The van der Waals surface area contributed by atoms with E-state index in [2.05, 4.69) is 0 Å². The first-order valence-corrected chi connectivity index (χ1v) is 5.96. The van der Waals surface area contributed by atoms with Gasteiger partial charge >= 0.3 is 0 Å². The molecule has 0 aromatic rings. The van der Waals surface area contributed by atoms with E-state index in [1.807, 2.05) is 13.8 Å². The van der Waals surface area contributed by atoms with Gasteiger partial charge in [0.15, 0.2) is 12.1 Å². The molecule has 0 N–H and O–H groups in total. The Morgan fingerprint density at radius 3 is 2.82 bits per heavy atom. The highest BCUT2D eigenvalue weighted by Gasteiger charge is 2.48. The van der Waals surface area contributed by atoms with E-state index in [0.717, 1.165) is 6.42 Å². The lowest BCUT2D eigenvalue weighted by Crippen LogP contribution is -2.25. The predicted molar refractivity (Wildman–Crippen MR) is 58.2 cm³/mol. The van der Waals surface area contributed by atoms with Gasteiger partial charge in [0.2, 0.25) is 0 Å². The maximum Gasteiger partial charge on any atom is 0.187 e. The van der Waals surface area contributed by atoms with E-state index < -0.39 is 5.79 Å². The summed E-state index contributed by atoms with van der Waals surface area (Å²) >= 11 is 0. The van der Waals surface area contributed by atoms with Gasteiger partial charge in [-0.3, -0.25) is 4.79 Å². The van der Waals surface area contributed by atoms with Crippen molar-refractivity contribution in [1.29, 1.82) is 0 Å². The number of Topliss-reactive ketones (excluding diaryl/α,β-unsaturated/α-hetero) is 1. The fourth-order valence-corrected chi connectivity index (χ4v) is 2.29. The molecule has 0 spiro atoms. The van der Waals surface area contributed by atoms with Crippen LogP contribution in [0, 0.1) is 0 Å². The van der Waals surface area contributed by atoms with E-state index in [1.54, 1.807) is 0 Å². The summed E-state index contributed by atoms with van der Waals surface area (Å²) in [6.45, 7) is 3.72. The normalized spacial score (nSPS) is 34.6. The summed E-state index contributed by atoms with van der Waals surface area (Å²) in [5.41, 5.74) is 0. The van der Waals surface area contributed by atoms with Crippen LogP contribution in [0.25, 0.3) is 0 Å². The molecule has 2 rings (SSSR count). The molecule has 3 atom stereocenters. The zero-order valence-corrected chi connectivity index (χ0v) is 10.2. The summed E-state index contributed by atoms with van der Waals surface area (Å²) in [5.74, 6) is -0.615. The maximum absolute atomic E-state index is 11.2. The Labute approximate surface area is 100 Å². The SMILES string of the molecule is CC1(C)O[C@H]2O[C@H](CCC(=O)CC=O)C[C@H]2O1. The topological polar surface area (TPSA) is 61.8 Å². The number of carbonyl (C=O) groups excluding carboxylic acids is 2. The maximum atomic E-state index is 11.2. The first-order valence-electron chi connectivity index (χ1n) is 5.96. The lowest BCUT2D eigenvalue weighted by molar-refractivity contribution is -0.205. The second-order valence-corrected chi connectivity index (χ2v) is 4.98. The van der Waals surface area contributed by atoms with Crippen LogP contribution in [-0.4, -0.2) is 36.4 Å². The highest BCUT2D eigenvalue weighted by molar-refractivity contribution is 5.89. The number of hydrogen-bond acceptors (Lipinski definition) is 5. The largest absolute Gasteiger partial charge is 0.346 e. The van der Waals surface area contributed by atoms with Gasteiger partial charge in [-0.1, -0.05) is 0 Å². The van der Waals surface area contributed by atoms with Crippen LogP contribution >= 0.6 is 0 Å². The minimum atomic E-state index is -0.576. The Balaban J connectivity index is 1.74. The fraction of sp³-hybridized carbons (Fsp3) is 0.833. The van der Waals surface area contributed by atoms with Crippen molar-refractivity contribution in [1.82, 2.24) is 0 Å². The quantitative estimate of drug-likeness (QED) is 0.535. The Morgan fingerprint density at radius 1 is 1.41 bits per heavy atom. The molecule has 2 saturated heterocycles. The van der Waals surface area contributed by atoms with Crippen molar-refractivity contribution in [3.8, 4) is 0 Å². The van der Waals surface area contributed by atoms with Crippen molar-refractivity contribution in [3.63, 3.8) is 0 Å². The van der Waals surface area contributed by atoms with E-state index in [-0.39, 0.29) is 30.7 Å². The highest BCUT2D eigenvalue weighted by Crippen LogP contribution is 2.38.